The molecule has 0 aromatic carbocycles. The van der Waals surface area contributed by atoms with Crippen molar-refractivity contribution in [3.63, 3.8) is 0 Å². The second-order valence-corrected chi connectivity index (χ2v) is 1.11. The van der Waals surface area contributed by atoms with Gasteiger partial charge in [0.25, 0.3) is 0 Å². The number of ether oxygens (including phenoxy) is 1. The van der Waals surface area contributed by atoms with E-state index in [1.54, 1.807) is 6.61 Å². The van der Waals surface area contributed by atoms with Crippen LogP contribution < -0.4 is 0 Å². The van der Waals surface area contributed by atoms with Crippen LogP contribution in [-0.4, -0.2) is 6.61 Å². The third-order valence-electron chi connectivity index (χ3n) is 0.489. The molecule has 0 spiro atoms. The van der Waals surface area contributed by atoms with Crippen LogP contribution in [0.2, 0.25) is 0 Å². The molecule has 0 saturated carbocycles. The van der Waals surface area contributed by atoms with Crippen molar-refractivity contribution in [2.45, 2.75) is 20.3 Å². The fourth-order valence-electron chi connectivity index (χ4n) is 0.236. The molecule has 0 saturated heterocycles. The first-order valence-corrected chi connectivity index (χ1v) is 2.31. The quantitative estimate of drug-likeness (QED) is 0.375. The minimum Gasteiger partial charge on any atom is -0.552 e. The molecule has 0 aliphatic carbocycles. The molecule has 0 N–H and O–H groups in total. The average molecular weight is 87.1 g/mol. The van der Waals surface area contributed by atoms with Gasteiger partial charge in [0.15, 0.2) is 0 Å². The highest BCUT2D eigenvalue weighted by Gasteiger charge is 1.64. The lowest BCUT2D eigenvalue weighted by atomic mass is 10.5. The smallest absolute Gasteiger partial charge is 0.0109 e. The Morgan fingerprint density at radius 2 is 2.33 bits per heavy atom. The zero-order valence-electron chi connectivity index (χ0n) is 4.40. The van der Waals surface area contributed by atoms with Gasteiger partial charge in [-0.2, -0.15) is 6.92 Å². The molecule has 0 aliphatic rings. The van der Waals surface area contributed by atoms with E-state index < -0.39 is 0 Å². The van der Waals surface area contributed by atoms with E-state index in [1.807, 2.05) is 6.92 Å². The molecule has 0 radical (unpaired) electrons. The summed E-state index contributed by atoms with van der Waals surface area (Å²) in [6, 6.07) is 0. The third-order valence-corrected chi connectivity index (χ3v) is 0.489. The molecule has 0 atom stereocenters. The number of hydrogen-bond donors (Lipinski definition) is 0. The van der Waals surface area contributed by atoms with Gasteiger partial charge < -0.3 is 4.74 Å². The molecule has 0 fully saturated rings. The fourth-order valence-corrected chi connectivity index (χ4v) is 0.236. The Bertz CT molecular complexity index is 15.9. The van der Waals surface area contributed by atoms with Gasteiger partial charge in [-0.05, 0) is 6.42 Å². The molecule has 0 aliphatic heterocycles. The lowest BCUT2D eigenvalue weighted by Crippen LogP contribution is -1.83. The zero-order valence-corrected chi connectivity index (χ0v) is 4.40. The molecule has 0 aromatic heterocycles. The average Bonchev–Trinajstić information content (AvgIpc) is 1.61. The lowest BCUT2D eigenvalue weighted by molar-refractivity contribution is 0.205. The number of rotatable bonds is 3. The summed E-state index contributed by atoms with van der Waals surface area (Å²) in [6.45, 7) is 6.54. The second kappa shape index (κ2) is 4.96. The van der Waals surface area contributed by atoms with E-state index in [9.17, 15) is 0 Å². The first-order valence-electron chi connectivity index (χ1n) is 2.31. The van der Waals surface area contributed by atoms with Gasteiger partial charge in [0.05, 0.1) is 0 Å². The van der Waals surface area contributed by atoms with Gasteiger partial charge in [-0.15, -0.1) is 0 Å². The molecule has 1 nitrogen and oxygen atoms in total. The van der Waals surface area contributed by atoms with Crippen LogP contribution in [0.5, 0.6) is 0 Å². The Morgan fingerprint density at radius 1 is 1.67 bits per heavy atom. The minimum absolute atomic E-state index is 0.858. The van der Waals surface area contributed by atoms with Crippen molar-refractivity contribution in [3.8, 4) is 0 Å². The molecule has 1 heteroatoms. The second-order valence-electron chi connectivity index (χ2n) is 1.11. The Kier molecular flexibility index (Phi) is 4.93. The number of hydrogen-bond acceptors (Lipinski definition) is 1. The summed E-state index contributed by atoms with van der Waals surface area (Å²) < 4.78 is 4.86. The van der Waals surface area contributed by atoms with Crippen molar-refractivity contribution < 1.29 is 4.74 Å². The van der Waals surface area contributed by atoms with Crippen molar-refractivity contribution in [2.24, 2.45) is 0 Å². The Hall–Kier alpha value is -0.0400. The van der Waals surface area contributed by atoms with Crippen LogP contribution in [0.1, 0.15) is 20.3 Å². The maximum atomic E-state index is 4.86. The van der Waals surface area contributed by atoms with Crippen molar-refractivity contribution >= 4 is 0 Å². The summed E-state index contributed by atoms with van der Waals surface area (Å²) in [4.78, 5) is 0. The zero-order chi connectivity index (χ0) is 4.83. The Balaban J connectivity index is 2.34. The van der Waals surface area contributed by atoms with Crippen molar-refractivity contribution in [2.75, 3.05) is 6.61 Å². The molecule has 0 amide bonds. The predicted molar refractivity (Wildman–Crippen MR) is 26.2 cm³/mol. The van der Waals surface area contributed by atoms with Crippen LogP contribution in [-0.2, 0) is 4.74 Å². The van der Waals surface area contributed by atoms with Gasteiger partial charge in [-0.3, -0.25) is 0 Å². The summed E-state index contributed by atoms with van der Waals surface area (Å²) in [6.07, 6.45) is 1.10. The van der Waals surface area contributed by atoms with Gasteiger partial charge in [-0.25, -0.2) is 6.61 Å². The van der Waals surface area contributed by atoms with E-state index in [4.69, 9.17) is 4.74 Å². The van der Waals surface area contributed by atoms with Crippen molar-refractivity contribution in [1.29, 1.82) is 0 Å². The maximum Gasteiger partial charge on any atom is 0.0109 e. The molecule has 6 heavy (non-hydrogen) atoms. The topological polar surface area (TPSA) is 9.23 Å². The van der Waals surface area contributed by atoms with Crippen LogP contribution >= 0.6 is 0 Å². The van der Waals surface area contributed by atoms with Crippen LogP contribution in [0.25, 0.3) is 0 Å². The Labute approximate surface area is 39.3 Å². The minimum atomic E-state index is 0.858. The molecule has 38 valence electrons. The van der Waals surface area contributed by atoms with Gasteiger partial charge in [0.1, 0.15) is 0 Å². The molecular weight excluding hydrogens is 76.1 g/mol. The van der Waals surface area contributed by atoms with Crippen LogP contribution in [0.4, 0.5) is 0 Å². The maximum absolute atomic E-state index is 4.86. The first-order chi connectivity index (χ1) is 2.91. The molecule has 0 bridgehead atoms. The molecule has 0 rings (SSSR count). The van der Waals surface area contributed by atoms with E-state index in [0.717, 1.165) is 13.0 Å². The van der Waals surface area contributed by atoms with E-state index in [2.05, 4.69) is 6.92 Å². The molecule has 0 heterocycles. The highest BCUT2D eigenvalue weighted by molar-refractivity contribution is 4.32. The van der Waals surface area contributed by atoms with Gasteiger partial charge in [0.2, 0.25) is 0 Å². The summed E-state index contributed by atoms with van der Waals surface area (Å²) in [5.41, 5.74) is 0. The third kappa shape index (κ3) is 3.96. The van der Waals surface area contributed by atoms with E-state index >= 15 is 0 Å². The molecule has 0 unspecified atom stereocenters. The Morgan fingerprint density at radius 3 is 2.50 bits per heavy atom. The highest BCUT2D eigenvalue weighted by atomic mass is 16.5. The summed E-state index contributed by atoms with van der Waals surface area (Å²) in [5.74, 6) is 0. The summed E-state index contributed by atoms with van der Waals surface area (Å²) in [5, 5.41) is 0. The largest absolute Gasteiger partial charge is 0.552 e. The molecular formula is C5H11O-. The van der Waals surface area contributed by atoms with E-state index in [-0.39, 0.29) is 0 Å². The van der Waals surface area contributed by atoms with Crippen LogP contribution in [0, 0.1) is 6.61 Å². The standard InChI is InChI=1S/C5H11O/c1-3-5-6-4-2/h4H,3,5H2,1-2H3/q-1. The van der Waals surface area contributed by atoms with E-state index in [1.165, 1.54) is 0 Å². The lowest BCUT2D eigenvalue weighted by Gasteiger charge is -2.04. The van der Waals surface area contributed by atoms with Crippen LogP contribution in [0.3, 0.4) is 0 Å². The van der Waals surface area contributed by atoms with Gasteiger partial charge >= 0.3 is 0 Å². The van der Waals surface area contributed by atoms with Gasteiger partial charge in [0, 0.05) is 6.61 Å². The molecule has 0 aromatic rings. The highest BCUT2D eigenvalue weighted by Crippen LogP contribution is 1.80. The monoisotopic (exact) mass is 87.1 g/mol. The van der Waals surface area contributed by atoms with Crippen molar-refractivity contribution in [3.05, 3.63) is 6.61 Å². The normalized spacial score (nSPS) is 9.00. The SMILES string of the molecule is C[CH-]OCCC. The first kappa shape index (κ1) is 5.96. The predicted octanol–water partition coefficient (Wildman–Crippen LogP) is 1.59. The van der Waals surface area contributed by atoms with Gasteiger partial charge in [-0.1, -0.05) is 6.92 Å². The fraction of sp³-hybridized carbons (Fsp3) is 0.800. The van der Waals surface area contributed by atoms with Crippen molar-refractivity contribution in [1.82, 2.24) is 0 Å². The van der Waals surface area contributed by atoms with E-state index in [0.29, 0.717) is 0 Å². The summed E-state index contributed by atoms with van der Waals surface area (Å²) in [7, 11) is 0. The summed E-state index contributed by atoms with van der Waals surface area (Å²) >= 11 is 0. The van der Waals surface area contributed by atoms with Crippen LogP contribution in [0.15, 0.2) is 0 Å².